The molecule has 1 N–H and O–H groups in total. The van der Waals surface area contributed by atoms with Crippen molar-refractivity contribution in [2.24, 2.45) is 0 Å². The van der Waals surface area contributed by atoms with Crippen molar-refractivity contribution in [3.8, 4) is 0 Å². The molecule has 0 radical (unpaired) electrons. The van der Waals surface area contributed by atoms with Gasteiger partial charge in [-0.2, -0.15) is 0 Å². The zero-order valence-electron chi connectivity index (χ0n) is 10.2. The van der Waals surface area contributed by atoms with E-state index in [0.29, 0.717) is 6.04 Å². The summed E-state index contributed by atoms with van der Waals surface area (Å²) in [5, 5.41) is 3.45. The smallest absolute Gasteiger partial charge is 0.203 e. The fourth-order valence-corrected chi connectivity index (χ4v) is 3.36. The zero-order chi connectivity index (χ0) is 12.3. The normalized spacial score (nSPS) is 24.5. The van der Waals surface area contributed by atoms with Gasteiger partial charge in [-0.1, -0.05) is 6.08 Å². The van der Waals surface area contributed by atoms with Crippen molar-refractivity contribution in [2.75, 3.05) is 16.8 Å². The van der Waals surface area contributed by atoms with Crippen LogP contribution < -0.4 is 5.32 Å². The second-order valence-corrected chi connectivity index (χ2v) is 6.11. The Bertz CT molecular complexity index is 417. The standard InChI is InChI=1S/C12H19N3OS/c1-3-6-15-9-10(2)13-12(15)14-11-4-7-17(16)8-5-11/h3,9,11H,1,4-8H2,2H3,(H,13,14). The molecule has 4 nitrogen and oxygen atoms in total. The summed E-state index contributed by atoms with van der Waals surface area (Å²) >= 11 is 0. The van der Waals surface area contributed by atoms with E-state index in [1.165, 1.54) is 0 Å². The minimum Gasteiger partial charge on any atom is -0.353 e. The Hall–Kier alpha value is -1.10. The fraction of sp³-hybridized carbons (Fsp3) is 0.583. The van der Waals surface area contributed by atoms with Gasteiger partial charge >= 0.3 is 0 Å². The first-order chi connectivity index (χ1) is 8.19. The van der Waals surface area contributed by atoms with Gasteiger partial charge in [0.15, 0.2) is 0 Å². The molecule has 1 fully saturated rings. The second kappa shape index (κ2) is 5.49. The van der Waals surface area contributed by atoms with Gasteiger partial charge in [-0.15, -0.1) is 6.58 Å². The molecule has 94 valence electrons. The molecule has 0 bridgehead atoms. The fourth-order valence-electron chi connectivity index (χ4n) is 2.06. The van der Waals surface area contributed by atoms with Crippen molar-refractivity contribution in [2.45, 2.75) is 32.4 Å². The van der Waals surface area contributed by atoms with Crippen molar-refractivity contribution in [1.82, 2.24) is 9.55 Å². The Morgan fingerprint density at radius 1 is 1.65 bits per heavy atom. The van der Waals surface area contributed by atoms with E-state index in [-0.39, 0.29) is 0 Å². The molecule has 2 heterocycles. The number of nitrogens with one attached hydrogen (secondary N) is 1. The predicted octanol–water partition coefficient (Wildman–Crippen LogP) is 1.70. The quantitative estimate of drug-likeness (QED) is 0.831. The van der Waals surface area contributed by atoms with E-state index in [1.807, 2.05) is 19.2 Å². The Balaban J connectivity index is 2.02. The van der Waals surface area contributed by atoms with Gasteiger partial charge in [0.2, 0.25) is 5.95 Å². The van der Waals surface area contributed by atoms with Crippen LogP contribution in [0.15, 0.2) is 18.9 Å². The van der Waals surface area contributed by atoms with Gasteiger partial charge in [0.25, 0.3) is 0 Å². The molecule has 0 spiro atoms. The summed E-state index contributed by atoms with van der Waals surface area (Å²) in [5.41, 5.74) is 1.01. The average molecular weight is 253 g/mol. The van der Waals surface area contributed by atoms with Crippen molar-refractivity contribution >= 4 is 16.7 Å². The number of aryl methyl sites for hydroxylation is 1. The van der Waals surface area contributed by atoms with Crippen molar-refractivity contribution in [3.63, 3.8) is 0 Å². The maximum absolute atomic E-state index is 11.3. The van der Waals surface area contributed by atoms with Crippen LogP contribution in [0.1, 0.15) is 18.5 Å². The van der Waals surface area contributed by atoms with Gasteiger partial charge < -0.3 is 9.88 Å². The van der Waals surface area contributed by atoms with E-state index < -0.39 is 10.8 Å². The monoisotopic (exact) mass is 253 g/mol. The van der Waals surface area contributed by atoms with E-state index in [9.17, 15) is 4.21 Å². The molecule has 0 aromatic carbocycles. The predicted molar refractivity (Wildman–Crippen MR) is 71.7 cm³/mol. The maximum Gasteiger partial charge on any atom is 0.203 e. The van der Waals surface area contributed by atoms with Crippen LogP contribution in [0, 0.1) is 6.92 Å². The SMILES string of the molecule is C=CCn1cc(C)nc1NC1CCS(=O)CC1. The van der Waals surface area contributed by atoms with E-state index in [2.05, 4.69) is 21.4 Å². The molecule has 5 heteroatoms. The molecule has 1 aliphatic heterocycles. The summed E-state index contributed by atoms with van der Waals surface area (Å²) in [6, 6.07) is 0.401. The number of rotatable bonds is 4. The van der Waals surface area contributed by atoms with Gasteiger partial charge in [-0.05, 0) is 19.8 Å². The highest BCUT2D eigenvalue weighted by Gasteiger charge is 2.19. The van der Waals surface area contributed by atoms with Crippen LogP contribution in [0.5, 0.6) is 0 Å². The molecule has 0 amide bonds. The summed E-state index contributed by atoms with van der Waals surface area (Å²) in [6.07, 6.45) is 5.81. The van der Waals surface area contributed by atoms with E-state index in [1.54, 1.807) is 0 Å². The number of nitrogens with zero attached hydrogens (tertiary/aromatic N) is 2. The van der Waals surface area contributed by atoms with Crippen LogP contribution >= 0.6 is 0 Å². The minimum atomic E-state index is -0.606. The molecule has 1 saturated heterocycles. The first kappa shape index (κ1) is 12.4. The van der Waals surface area contributed by atoms with Crippen molar-refractivity contribution in [3.05, 3.63) is 24.5 Å². The lowest BCUT2D eigenvalue weighted by atomic mass is 10.2. The third-order valence-electron chi connectivity index (χ3n) is 2.94. The Labute approximate surface area is 105 Å². The Kier molecular flexibility index (Phi) is 3.99. The molecule has 0 unspecified atom stereocenters. The van der Waals surface area contributed by atoms with Crippen LogP contribution in [0.2, 0.25) is 0 Å². The highest BCUT2D eigenvalue weighted by atomic mass is 32.2. The summed E-state index contributed by atoms with van der Waals surface area (Å²) in [4.78, 5) is 4.47. The molecule has 0 aliphatic carbocycles. The van der Waals surface area contributed by atoms with Gasteiger partial charge in [-0.25, -0.2) is 4.98 Å². The van der Waals surface area contributed by atoms with Gasteiger partial charge in [-0.3, -0.25) is 4.21 Å². The summed E-state index contributed by atoms with van der Waals surface area (Å²) in [7, 11) is -0.606. The molecule has 1 aromatic heterocycles. The van der Waals surface area contributed by atoms with Crippen LogP contribution in [0.4, 0.5) is 5.95 Å². The lowest BCUT2D eigenvalue weighted by Gasteiger charge is -2.23. The first-order valence-corrected chi connectivity index (χ1v) is 7.44. The molecule has 0 saturated carbocycles. The number of hydrogen-bond donors (Lipinski definition) is 1. The first-order valence-electron chi connectivity index (χ1n) is 5.95. The van der Waals surface area contributed by atoms with E-state index >= 15 is 0 Å². The average Bonchev–Trinajstić information content (AvgIpc) is 2.63. The molecular weight excluding hydrogens is 234 g/mol. The van der Waals surface area contributed by atoms with Gasteiger partial charge in [0.1, 0.15) is 0 Å². The van der Waals surface area contributed by atoms with Crippen LogP contribution in [0.25, 0.3) is 0 Å². The number of aromatic nitrogens is 2. The number of imidazole rings is 1. The summed E-state index contributed by atoms with van der Waals surface area (Å²) < 4.78 is 13.3. The van der Waals surface area contributed by atoms with Gasteiger partial charge in [0, 0.05) is 41.1 Å². The Morgan fingerprint density at radius 2 is 2.35 bits per heavy atom. The summed E-state index contributed by atoms with van der Waals surface area (Å²) in [6.45, 7) is 6.50. The minimum absolute atomic E-state index is 0.401. The van der Waals surface area contributed by atoms with Crippen molar-refractivity contribution < 1.29 is 4.21 Å². The topological polar surface area (TPSA) is 46.9 Å². The molecule has 2 rings (SSSR count). The van der Waals surface area contributed by atoms with Gasteiger partial charge in [0.05, 0.1) is 5.69 Å². The molecular formula is C12H19N3OS. The second-order valence-electron chi connectivity index (χ2n) is 4.41. The molecule has 1 aromatic rings. The third-order valence-corrected chi connectivity index (χ3v) is 4.33. The molecule has 1 aliphatic rings. The maximum atomic E-state index is 11.3. The number of anilines is 1. The van der Waals surface area contributed by atoms with Crippen molar-refractivity contribution in [1.29, 1.82) is 0 Å². The lowest BCUT2D eigenvalue weighted by molar-refractivity contribution is 0.616. The Morgan fingerprint density at radius 3 is 3.00 bits per heavy atom. The van der Waals surface area contributed by atoms with Crippen LogP contribution in [0.3, 0.4) is 0 Å². The van der Waals surface area contributed by atoms with E-state index in [4.69, 9.17) is 0 Å². The number of allylic oxidation sites excluding steroid dienone is 1. The molecule has 0 atom stereocenters. The lowest BCUT2D eigenvalue weighted by Crippen LogP contribution is -2.30. The summed E-state index contributed by atoms with van der Waals surface area (Å²) in [5.74, 6) is 2.51. The third kappa shape index (κ3) is 3.19. The largest absolute Gasteiger partial charge is 0.353 e. The van der Waals surface area contributed by atoms with Crippen LogP contribution in [-0.2, 0) is 17.3 Å². The highest BCUT2D eigenvalue weighted by molar-refractivity contribution is 7.85. The van der Waals surface area contributed by atoms with E-state index in [0.717, 1.165) is 42.5 Å². The van der Waals surface area contributed by atoms with Crippen LogP contribution in [-0.4, -0.2) is 31.3 Å². The molecule has 17 heavy (non-hydrogen) atoms. The number of hydrogen-bond acceptors (Lipinski definition) is 3. The highest BCUT2D eigenvalue weighted by Crippen LogP contribution is 2.16. The zero-order valence-corrected chi connectivity index (χ0v) is 11.0.